The van der Waals surface area contributed by atoms with Crippen molar-refractivity contribution in [1.82, 2.24) is 9.80 Å². The number of carbonyl (C=O) groups is 2. The van der Waals surface area contributed by atoms with E-state index in [1.54, 1.807) is 6.92 Å². The molecule has 0 saturated carbocycles. The number of hydrogen-bond donors (Lipinski definition) is 2. The first-order valence-electron chi connectivity index (χ1n) is 14.5. The number of nitrogens with zero attached hydrogens (tertiary/aromatic N) is 4. The highest BCUT2D eigenvalue weighted by atomic mass is 16.6. The second-order valence-electron chi connectivity index (χ2n) is 11.2. The van der Waals surface area contributed by atoms with Crippen molar-refractivity contribution in [3.63, 3.8) is 0 Å². The number of carbonyl (C=O) groups excluding carboxylic acids is 2. The Hall–Kier alpha value is -5.02. The van der Waals surface area contributed by atoms with E-state index in [1.165, 1.54) is 35.1 Å². The van der Waals surface area contributed by atoms with E-state index in [0.29, 0.717) is 18.4 Å². The minimum atomic E-state index is -0.699. The van der Waals surface area contributed by atoms with E-state index in [2.05, 4.69) is 13.2 Å². The Balaban J connectivity index is 1.43. The summed E-state index contributed by atoms with van der Waals surface area (Å²) in [5.74, 6) is -0.920. The maximum absolute atomic E-state index is 13.2. The van der Waals surface area contributed by atoms with Crippen molar-refractivity contribution in [2.45, 2.75) is 38.3 Å². The molecule has 2 aliphatic heterocycles. The number of nitro groups is 2. The third kappa shape index (κ3) is 7.10. The molecular weight excluding hydrogens is 604 g/mol. The fourth-order valence-corrected chi connectivity index (χ4v) is 5.59. The third-order valence-corrected chi connectivity index (χ3v) is 7.89. The molecule has 15 heteroatoms. The summed E-state index contributed by atoms with van der Waals surface area (Å²) in [5.41, 5.74) is 0.684. The zero-order chi connectivity index (χ0) is 33.7. The van der Waals surface area contributed by atoms with Gasteiger partial charge in [0.2, 0.25) is 0 Å². The van der Waals surface area contributed by atoms with Gasteiger partial charge in [-0.25, -0.2) is 0 Å². The van der Waals surface area contributed by atoms with E-state index in [0.717, 1.165) is 17.2 Å². The van der Waals surface area contributed by atoms with Gasteiger partial charge in [0, 0.05) is 25.6 Å². The molecule has 2 saturated heterocycles. The van der Waals surface area contributed by atoms with E-state index in [-0.39, 0.29) is 74.3 Å². The molecule has 15 nitrogen and oxygen atoms in total. The molecular formula is C31H36N4O11. The molecule has 0 aliphatic carbocycles. The maximum Gasteiger partial charge on any atom is 0.286 e. The molecule has 0 aromatic heterocycles. The maximum atomic E-state index is 13.2. The van der Waals surface area contributed by atoms with Crippen LogP contribution >= 0.6 is 0 Å². The number of aliphatic hydroxyl groups is 2. The Bertz CT molecular complexity index is 1570. The Morgan fingerprint density at radius 2 is 1.28 bits per heavy atom. The van der Waals surface area contributed by atoms with Crippen LogP contribution in [0.2, 0.25) is 0 Å². The lowest BCUT2D eigenvalue weighted by atomic mass is 10.1. The van der Waals surface area contributed by atoms with Crippen molar-refractivity contribution in [3.05, 3.63) is 85.5 Å². The van der Waals surface area contributed by atoms with Gasteiger partial charge >= 0.3 is 0 Å². The lowest BCUT2D eigenvalue weighted by Crippen LogP contribution is -2.38. The summed E-state index contributed by atoms with van der Waals surface area (Å²) in [7, 11) is 1.33. The van der Waals surface area contributed by atoms with Crippen molar-refractivity contribution in [1.29, 1.82) is 0 Å². The first-order chi connectivity index (χ1) is 21.9. The number of aryl methyl sites for hydroxylation is 1. The lowest BCUT2D eigenvalue weighted by molar-refractivity contribution is -0.385. The molecule has 4 rings (SSSR count). The predicted molar refractivity (Wildman–Crippen MR) is 164 cm³/mol. The number of amides is 2. The first kappa shape index (κ1) is 33.9. The number of likely N-dealkylation sites (tertiary alicyclic amines) is 2. The van der Waals surface area contributed by atoms with Gasteiger partial charge in [0.25, 0.3) is 23.2 Å². The molecule has 2 N–H and O–H groups in total. The van der Waals surface area contributed by atoms with E-state index >= 15 is 0 Å². The van der Waals surface area contributed by atoms with Gasteiger partial charge in [0.1, 0.15) is 16.9 Å². The number of nitro benzene ring substituents is 2. The largest absolute Gasteiger partial charge is 0.493 e. The molecule has 2 heterocycles. The van der Waals surface area contributed by atoms with Crippen molar-refractivity contribution in [3.8, 4) is 17.2 Å². The fraction of sp³-hybridized carbons (Fsp3) is 0.419. The summed E-state index contributed by atoms with van der Waals surface area (Å²) in [6.45, 7) is 9.18. The van der Waals surface area contributed by atoms with Crippen LogP contribution in [0, 0.1) is 27.2 Å². The third-order valence-electron chi connectivity index (χ3n) is 7.89. The quantitative estimate of drug-likeness (QED) is 0.141. The number of rotatable bonds is 13. The Morgan fingerprint density at radius 1 is 0.826 bits per heavy atom. The summed E-state index contributed by atoms with van der Waals surface area (Å²) < 4.78 is 16.8. The van der Waals surface area contributed by atoms with Crippen LogP contribution in [0.5, 0.6) is 17.2 Å². The Kier molecular flexibility index (Phi) is 10.6. The second kappa shape index (κ2) is 14.4. The van der Waals surface area contributed by atoms with E-state index in [4.69, 9.17) is 14.2 Å². The van der Waals surface area contributed by atoms with Gasteiger partial charge in [-0.3, -0.25) is 29.8 Å². The highest BCUT2D eigenvalue weighted by Crippen LogP contribution is 2.37. The van der Waals surface area contributed by atoms with Crippen LogP contribution in [-0.2, 0) is 0 Å². The van der Waals surface area contributed by atoms with Crippen molar-refractivity contribution in [2.24, 2.45) is 0 Å². The SMILES string of the molecule is C=C1C[C@@H](CO)N(C(=O)c2cc(C)c(OCCCOc3cc([N+](=O)[O-])c(C(=O)N4CC(=C)C[C@H]4CO)cc3OC)cc2[N+](=O)[O-])C1. The summed E-state index contributed by atoms with van der Waals surface area (Å²) in [6.07, 6.45) is 1.07. The van der Waals surface area contributed by atoms with Gasteiger partial charge < -0.3 is 34.2 Å². The van der Waals surface area contributed by atoms with Gasteiger partial charge in [0.05, 0.1) is 67.6 Å². The number of hydrogen-bond acceptors (Lipinski definition) is 11. The van der Waals surface area contributed by atoms with Crippen LogP contribution in [0.1, 0.15) is 45.5 Å². The Labute approximate surface area is 264 Å². The molecule has 2 amide bonds. The van der Waals surface area contributed by atoms with E-state index < -0.39 is 45.1 Å². The molecule has 0 bridgehead atoms. The zero-order valence-electron chi connectivity index (χ0n) is 25.6. The molecule has 246 valence electrons. The minimum absolute atomic E-state index is 0.0123. The summed E-state index contributed by atoms with van der Waals surface area (Å²) in [5, 5.41) is 43.1. The van der Waals surface area contributed by atoms with E-state index in [1.807, 2.05) is 0 Å². The van der Waals surface area contributed by atoms with Crippen LogP contribution in [0.15, 0.2) is 48.6 Å². The molecule has 46 heavy (non-hydrogen) atoms. The summed E-state index contributed by atoms with van der Waals surface area (Å²) in [4.78, 5) is 51.6. The van der Waals surface area contributed by atoms with Crippen LogP contribution in [0.4, 0.5) is 11.4 Å². The average molecular weight is 641 g/mol. The van der Waals surface area contributed by atoms with Crippen LogP contribution in [0.25, 0.3) is 0 Å². The zero-order valence-corrected chi connectivity index (χ0v) is 25.6. The minimum Gasteiger partial charge on any atom is -0.493 e. The second-order valence-corrected chi connectivity index (χ2v) is 11.2. The first-order valence-corrected chi connectivity index (χ1v) is 14.5. The van der Waals surface area contributed by atoms with Crippen molar-refractivity contribution in [2.75, 3.05) is 46.6 Å². The Morgan fingerprint density at radius 3 is 1.74 bits per heavy atom. The highest BCUT2D eigenvalue weighted by molar-refractivity contribution is 6.00. The van der Waals surface area contributed by atoms with Gasteiger partial charge in [-0.05, 0) is 31.4 Å². The molecule has 0 spiro atoms. The van der Waals surface area contributed by atoms with E-state index in [9.17, 15) is 40.0 Å². The van der Waals surface area contributed by atoms with Gasteiger partial charge in [-0.2, -0.15) is 0 Å². The highest BCUT2D eigenvalue weighted by Gasteiger charge is 2.36. The van der Waals surface area contributed by atoms with Crippen LogP contribution in [0.3, 0.4) is 0 Å². The lowest BCUT2D eigenvalue weighted by Gasteiger charge is -2.23. The standard InChI is InChI=1S/C31H36N4O11/c1-18-8-21(16-36)32(14-18)30(38)23-10-20(3)27(12-25(23)34(40)41)45-6-5-7-46-29-13-26(35(42)43)24(11-28(29)44-4)31(39)33-15-19(2)9-22(33)17-37/h10-13,21-22,36-37H,1-2,5-9,14-17H2,3-4H3/t21-,22-/m0/s1. The number of aliphatic hydroxyl groups excluding tert-OH is 2. The predicted octanol–water partition coefficient (Wildman–Crippen LogP) is 3.19. The van der Waals surface area contributed by atoms with Gasteiger partial charge in [0.15, 0.2) is 11.5 Å². The molecule has 2 aromatic carbocycles. The molecule has 0 unspecified atom stereocenters. The monoisotopic (exact) mass is 640 g/mol. The normalized spacial score (nSPS) is 17.7. The van der Waals surface area contributed by atoms with Crippen molar-refractivity contribution < 1.29 is 43.9 Å². The summed E-state index contributed by atoms with van der Waals surface area (Å²) in [6, 6.07) is 3.86. The molecule has 2 aliphatic rings. The van der Waals surface area contributed by atoms with Crippen LogP contribution in [-0.4, -0.2) is 100 Å². The average Bonchev–Trinajstić information content (AvgIpc) is 3.61. The van der Waals surface area contributed by atoms with Crippen molar-refractivity contribution >= 4 is 23.2 Å². The van der Waals surface area contributed by atoms with Gasteiger partial charge in [-0.15, -0.1) is 0 Å². The topological polar surface area (TPSA) is 195 Å². The number of methoxy groups -OCH3 is 1. The molecule has 2 atom stereocenters. The molecule has 0 radical (unpaired) electrons. The molecule has 2 fully saturated rings. The van der Waals surface area contributed by atoms with Gasteiger partial charge in [-0.1, -0.05) is 24.3 Å². The number of ether oxygens (including phenoxy) is 3. The number of benzene rings is 2. The smallest absolute Gasteiger partial charge is 0.286 e. The molecule has 2 aromatic rings. The van der Waals surface area contributed by atoms with Crippen LogP contribution < -0.4 is 14.2 Å². The fourth-order valence-electron chi connectivity index (χ4n) is 5.59. The summed E-state index contributed by atoms with van der Waals surface area (Å²) >= 11 is 0.